The predicted molar refractivity (Wildman–Crippen MR) is 131 cm³/mol. The van der Waals surface area contributed by atoms with Gasteiger partial charge < -0.3 is 9.47 Å². The minimum atomic E-state index is -0.488. The van der Waals surface area contributed by atoms with Crippen LogP contribution in [0.2, 0.25) is 0 Å². The highest BCUT2D eigenvalue weighted by Crippen LogP contribution is 2.38. The molecule has 8 heteroatoms. The maximum Gasteiger partial charge on any atom is 0.270 e. The maximum atomic E-state index is 11.0. The lowest BCUT2D eigenvalue weighted by molar-refractivity contribution is -0.384. The third-order valence-corrected chi connectivity index (χ3v) is 5.66. The molecule has 0 saturated carbocycles. The van der Waals surface area contributed by atoms with E-state index in [9.17, 15) is 15.4 Å². The Hall–Kier alpha value is -2.90. The lowest BCUT2D eigenvalue weighted by atomic mass is 10.0. The summed E-state index contributed by atoms with van der Waals surface area (Å²) in [4.78, 5) is 10.5. The summed E-state index contributed by atoms with van der Waals surface area (Å²) in [5.74, 6) is 1.05. The van der Waals surface area contributed by atoms with Gasteiger partial charge in [-0.1, -0.05) is 24.3 Å². The van der Waals surface area contributed by atoms with E-state index in [1.165, 1.54) is 12.1 Å². The number of nitriles is 1. The van der Waals surface area contributed by atoms with Crippen LogP contribution in [0.1, 0.15) is 16.7 Å². The molecular formula is C23H16BrIN2O4. The van der Waals surface area contributed by atoms with Gasteiger partial charge in [-0.25, -0.2) is 0 Å². The molecule has 0 spiro atoms. The van der Waals surface area contributed by atoms with Crippen molar-refractivity contribution in [3.8, 4) is 17.6 Å². The molecule has 156 valence electrons. The molecule has 0 radical (unpaired) electrons. The van der Waals surface area contributed by atoms with Crippen molar-refractivity contribution in [2.45, 2.75) is 6.61 Å². The molecule has 31 heavy (non-hydrogen) atoms. The molecule has 3 aromatic rings. The number of hydrogen-bond acceptors (Lipinski definition) is 5. The Morgan fingerprint density at radius 2 is 1.97 bits per heavy atom. The second-order valence-electron chi connectivity index (χ2n) is 6.43. The Labute approximate surface area is 201 Å². The molecule has 0 atom stereocenters. The standard InChI is InChI=1S/C23H16BrIN2O4/c1-30-22-11-16(9-18(13-26)17-3-2-4-20(12-17)27(28)29)10-21(24)23(22)31-14-15-5-7-19(25)8-6-15/h2-12H,14H2,1H3/b18-9-. The Bertz CT molecular complexity index is 1190. The summed E-state index contributed by atoms with van der Waals surface area (Å²) in [6, 6.07) is 19.7. The first kappa shape index (κ1) is 22.8. The summed E-state index contributed by atoms with van der Waals surface area (Å²) in [6.45, 7) is 0.373. The summed E-state index contributed by atoms with van der Waals surface area (Å²) in [5.41, 5.74) is 2.40. The van der Waals surface area contributed by atoms with Gasteiger partial charge in [-0.15, -0.1) is 0 Å². The van der Waals surface area contributed by atoms with Crippen LogP contribution in [-0.4, -0.2) is 12.0 Å². The van der Waals surface area contributed by atoms with Crippen LogP contribution in [-0.2, 0) is 6.61 Å². The molecule has 6 nitrogen and oxygen atoms in total. The van der Waals surface area contributed by atoms with Crippen molar-refractivity contribution in [2.24, 2.45) is 0 Å². The molecule has 0 amide bonds. The fourth-order valence-corrected chi connectivity index (χ4v) is 3.77. The molecule has 3 aromatic carbocycles. The zero-order valence-corrected chi connectivity index (χ0v) is 20.1. The van der Waals surface area contributed by atoms with Crippen LogP contribution in [0.25, 0.3) is 11.6 Å². The van der Waals surface area contributed by atoms with Crippen molar-refractivity contribution in [3.05, 3.63) is 95.5 Å². The van der Waals surface area contributed by atoms with E-state index in [4.69, 9.17) is 9.47 Å². The van der Waals surface area contributed by atoms with Crippen LogP contribution in [0.15, 0.2) is 65.1 Å². The quantitative estimate of drug-likeness (QED) is 0.102. The minimum absolute atomic E-state index is 0.0724. The zero-order valence-electron chi connectivity index (χ0n) is 16.3. The molecule has 0 unspecified atom stereocenters. The molecule has 0 aromatic heterocycles. The maximum absolute atomic E-state index is 11.0. The van der Waals surface area contributed by atoms with E-state index in [0.29, 0.717) is 39.3 Å². The number of methoxy groups -OCH3 is 1. The van der Waals surface area contributed by atoms with Crippen molar-refractivity contribution in [3.63, 3.8) is 0 Å². The van der Waals surface area contributed by atoms with Gasteiger partial charge in [0.25, 0.3) is 5.69 Å². The van der Waals surface area contributed by atoms with Crippen molar-refractivity contribution in [2.75, 3.05) is 7.11 Å². The van der Waals surface area contributed by atoms with Crippen molar-refractivity contribution >= 4 is 55.9 Å². The van der Waals surface area contributed by atoms with E-state index in [1.54, 1.807) is 37.5 Å². The highest BCUT2D eigenvalue weighted by atomic mass is 127. The number of nitro groups is 1. The summed E-state index contributed by atoms with van der Waals surface area (Å²) >= 11 is 5.76. The first-order valence-corrected chi connectivity index (χ1v) is 10.9. The second kappa shape index (κ2) is 10.4. The number of ether oxygens (including phenoxy) is 2. The first-order valence-electron chi connectivity index (χ1n) is 9.02. The molecule has 0 N–H and O–H groups in total. The Balaban J connectivity index is 1.90. The lowest BCUT2D eigenvalue weighted by Crippen LogP contribution is -1.99. The van der Waals surface area contributed by atoms with Crippen LogP contribution in [0, 0.1) is 25.0 Å². The summed E-state index contributed by atoms with van der Waals surface area (Å²) in [5, 5.41) is 20.6. The average molecular weight is 591 g/mol. The predicted octanol–water partition coefficient (Wildman–Crippen LogP) is 6.61. The van der Waals surface area contributed by atoms with Gasteiger partial charge in [0.15, 0.2) is 11.5 Å². The van der Waals surface area contributed by atoms with Crippen LogP contribution in [0.4, 0.5) is 5.69 Å². The number of nitro benzene ring substituents is 1. The third kappa shape index (κ3) is 5.83. The number of nitrogens with zero attached hydrogens (tertiary/aromatic N) is 2. The van der Waals surface area contributed by atoms with Crippen molar-refractivity contribution in [1.82, 2.24) is 0 Å². The van der Waals surface area contributed by atoms with E-state index < -0.39 is 4.92 Å². The fourth-order valence-electron chi connectivity index (χ4n) is 2.83. The second-order valence-corrected chi connectivity index (χ2v) is 8.53. The van der Waals surface area contributed by atoms with Crippen LogP contribution < -0.4 is 9.47 Å². The summed E-state index contributed by atoms with van der Waals surface area (Å²) in [6.07, 6.45) is 1.65. The van der Waals surface area contributed by atoms with E-state index >= 15 is 0 Å². The Morgan fingerprint density at radius 1 is 1.23 bits per heavy atom. The smallest absolute Gasteiger partial charge is 0.270 e. The van der Waals surface area contributed by atoms with Crippen LogP contribution in [0.5, 0.6) is 11.5 Å². The molecule has 0 aliphatic heterocycles. The van der Waals surface area contributed by atoms with Gasteiger partial charge in [0.2, 0.25) is 0 Å². The largest absolute Gasteiger partial charge is 0.493 e. The number of benzene rings is 3. The van der Waals surface area contributed by atoms with Crippen molar-refractivity contribution < 1.29 is 14.4 Å². The van der Waals surface area contributed by atoms with E-state index in [-0.39, 0.29) is 5.69 Å². The monoisotopic (exact) mass is 590 g/mol. The van der Waals surface area contributed by atoms with Crippen molar-refractivity contribution in [1.29, 1.82) is 5.26 Å². The normalized spacial score (nSPS) is 11.0. The van der Waals surface area contributed by atoms with Gasteiger partial charge in [0, 0.05) is 15.7 Å². The van der Waals surface area contributed by atoms with Crippen LogP contribution in [0.3, 0.4) is 0 Å². The molecule has 0 bridgehead atoms. The molecule has 3 rings (SSSR count). The average Bonchev–Trinajstić information content (AvgIpc) is 2.77. The minimum Gasteiger partial charge on any atom is -0.493 e. The van der Waals surface area contributed by atoms with E-state index in [0.717, 1.165) is 9.13 Å². The highest BCUT2D eigenvalue weighted by Gasteiger charge is 2.13. The number of hydrogen-bond donors (Lipinski definition) is 0. The lowest BCUT2D eigenvalue weighted by Gasteiger charge is -2.14. The highest BCUT2D eigenvalue weighted by molar-refractivity contribution is 14.1. The number of allylic oxidation sites excluding steroid dienone is 1. The van der Waals surface area contributed by atoms with Gasteiger partial charge in [-0.2, -0.15) is 5.26 Å². The SMILES string of the molecule is COc1cc(/C=C(/C#N)c2cccc([N+](=O)[O-])c2)cc(Br)c1OCc1ccc(I)cc1. The van der Waals surface area contributed by atoms with Gasteiger partial charge in [0.05, 0.1) is 28.1 Å². The summed E-state index contributed by atoms with van der Waals surface area (Å²) in [7, 11) is 1.54. The summed E-state index contributed by atoms with van der Waals surface area (Å²) < 4.78 is 13.3. The van der Waals surface area contributed by atoms with Crippen LogP contribution >= 0.6 is 38.5 Å². The third-order valence-electron chi connectivity index (χ3n) is 4.35. The number of halogens is 2. The Morgan fingerprint density at radius 3 is 2.61 bits per heavy atom. The molecule has 0 aliphatic carbocycles. The van der Waals surface area contributed by atoms with Gasteiger partial charge >= 0.3 is 0 Å². The molecule has 0 saturated heterocycles. The zero-order chi connectivity index (χ0) is 22.4. The van der Waals surface area contributed by atoms with E-state index in [1.807, 2.05) is 24.3 Å². The van der Waals surface area contributed by atoms with Gasteiger partial charge in [-0.3, -0.25) is 10.1 Å². The van der Waals surface area contributed by atoms with Gasteiger partial charge in [-0.05, 0) is 85.6 Å². The number of non-ortho nitro benzene ring substituents is 1. The Kier molecular flexibility index (Phi) is 7.65. The van der Waals surface area contributed by atoms with Gasteiger partial charge in [0.1, 0.15) is 6.61 Å². The topological polar surface area (TPSA) is 85.4 Å². The number of rotatable bonds is 7. The van der Waals surface area contributed by atoms with E-state index in [2.05, 4.69) is 44.6 Å². The first-order chi connectivity index (χ1) is 14.9. The molecular weight excluding hydrogens is 575 g/mol. The molecule has 0 aliphatic rings. The molecule has 0 heterocycles. The molecule has 0 fully saturated rings. The fraction of sp³-hybridized carbons (Fsp3) is 0.0870.